The topological polar surface area (TPSA) is 242 Å². The second-order valence-corrected chi connectivity index (χ2v) is 21.8. The summed E-state index contributed by atoms with van der Waals surface area (Å²) in [4.78, 5) is 85.4. The van der Waals surface area contributed by atoms with Gasteiger partial charge in [0.05, 0.1) is 31.5 Å². The van der Waals surface area contributed by atoms with Crippen LogP contribution in [0.3, 0.4) is 0 Å². The van der Waals surface area contributed by atoms with Crippen LogP contribution in [0.5, 0.6) is 0 Å². The zero-order valence-corrected chi connectivity index (χ0v) is 45.3. The highest BCUT2D eigenvalue weighted by atomic mass is 16.6. The molecule has 2 saturated heterocycles. The van der Waals surface area contributed by atoms with Crippen molar-refractivity contribution in [3.05, 3.63) is 47.6 Å². The summed E-state index contributed by atoms with van der Waals surface area (Å²) >= 11 is 0. The molecule has 1 aliphatic carbocycles. The highest BCUT2D eigenvalue weighted by molar-refractivity contribution is 6.39. The van der Waals surface area contributed by atoms with Crippen molar-refractivity contribution in [1.29, 1.82) is 0 Å². The van der Waals surface area contributed by atoms with Crippen LogP contribution in [0, 0.1) is 40.9 Å². The molecule has 17 nitrogen and oxygen atoms in total. The van der Waals surface area contributed by atoms with Gasteiger partial charge in [0.25, 0.3) is 11.7 Å². The maximum absolute atomic E-state index is 14.5. The number of rotatable bonds is 10. The van der Waals surface area contributed by atoms with Crippen LogP contribution in [0.15, 0.2) is 47.6 Å². The van der Waals surface area contributed by atoms with E-state index in [0.29, 0.717) is 69.8 Å². The standard InChI is InChI=1S/C56H87NO16/c1-33-17-13-12-14-18-34(2)45(68-9)29-41-22-20-39(7)56(67,73-41)51(63)52(64)57-24-16-15-19-42(57)53(65)71-46(30-43(60)35(3)26-38(6)49(62)50(70-11)48(61)37(5)25-33)36(4)27-40-21-23-44(47(28-40)69-10)72-54(66)55(8,31-58)32-59/h12-14,17-18,26,33,35-37,39-42,44-47,49-50,58-59,62,67H,15-16,19-25,27-32H2,1-11H3/b14-12?,17-13+,34-18?,38-26+/t33-,35-,36-,37-,39-,40+,41+,42+,44-,45+,46+,47-,49-,50+,56-/m1/s1. The Balaban J connectivity index is 1.69. The molecule has 4 N–H and O–H groups in total. The quantitative estimate of drug-likeness (QED) is 0.116. The number of aliphatic hydroxyl groups excluding tert-OH is 3. The number of fused-ring (bicyclic) bond motifs is 3. The number of carbonyl (C=O) groups is 6. The number of nitrogens with zero attached hydrogens (tertiary/aromatic N) is 1. The van der Waals surface area contributed by atoms with Gasteiger partial charge in [0.15, 0.2) is 5.78 Å². The molecule has 0 spiro atoms. The summed E-state index contributed by atoms with van der Waals surface area (Å²) in [5.74, 6) is -9.36. The maximum Gasteiger partial charge on any atom is 0.329 e. The van der Waals surface area contributed by atoms with Crippen LogP contribution in [0.4, 0.5) is 0 Å². The van der Waals surface area contributed by atoms with E-state index in [4.69, 9.17) is 28.4 Å². The van der Waals surface area contributed by atoms with Crippen LogP contribution in [0.2, 0.25) is 0 Å². The van der Waals surface area contributed by atoms with Gasteiger partial charge in [-0.2, -0.15) is 0 Å². The number of piperidine rings is 1. The number of carbonyl (C=O) groups excluding carboxylic acids is 6. The third-order valence-electron chi connectivity index (χ3n) is 15.9. The zero-order chi connectivity index (χ0) is 54.4. The Bertz CT molecular complexity index is 2010. The SMILES string of the molecule is CO[C@H]1C[C@@H]2CC[C@@H](C)[C@@](O)(O2)C(=O)C(=O)N2CCCC[C@H]2C(=O)O[C@H]([C@H](C)C[C@@H]2CC[C@@H](OC(=O)C(C)(CO)CO)[C@H](OC)C2)CC(=O)[C@H](C)/C=C(\C)[C@@H](O)[C@@H](OC)C(=O)[C@H](C)C[C@H](C)/C=C/C=CC=C1C. The Morgan fingerprint density at radius 1 is 0.863 bits per heavy atom. The first-order chi connectivity index (χ1) is 34.5. The summed E-state index contributed by atoms with van der Waals surface area (Å²) in [6.45, 7) is 12.7. The summed E-state index contributed by atoms with van der Waals surface area (Å²) < 4.78 is 35.4. The van der Waals surface area contributed by atoms with Crippen molar-refractivity contribution >= 4 is 35.2 Å². The van der Waals surface area contributed by atoms with Gasteiger partial charge in [-0.1, -0.05) is 71.1 Å². The van der Waals surface area contributed by atoms with Gasteiger partial charge in [-0.05, 0) is 114 Å². The van der Waals surface area contributed by atoms with Gasteiger partial charge in [-0.25, -0.2) is 4.79 Å². The van der Waals surface area contributed by atoms with E-state index in [2.05, 4.69) is 0 Å². The second kappa shape index (κ2) is 28.3. The molecule has 17 heteroatoms. The summed E-state index contributed by atoms with van der Waals surface area (Å²) in [7, 11) is 4.43. The van der Waals surface area contributed by atoms with E-state index in [1.54, 1.807) is 40.9 Å². The van der Waals surface area contributed by atoms with Crippen LogP contribution in [0.25, 0.3) is 0 Å². The summed E-state index contributed by atoms with van der Waals surface area (Å²) in [5, 5.41) is 43.1. The average Bonchev–Trinajstić information content (AvgIpc) is 3.37. The predicted molar refractivity (Wildman–Crippen MR) is 271 cm³/mol. The van der Waals surface area contributed by atoms with Crippen LogP contribution in [0.1, 0.15) is 132 Å². The van der Waals surface area contributed by atoms with E-state index in [1.165, 1.54) is 21.1 Å². The van der Waals surface area contributed by atoms with Crippen LogP contribution in [-0.2, 0) is 57.2 Å². The first kappa shape index (κ1) is 61.6. The summed E-state index contributed by atoms with van der Waals surface area (Å²) in [6, 6.07) is -1.20. The fourth-order valence-corrected chi connectivity index (χ4v) is 10.7. The lowest BCUT2D eigenvalue weighted by atomic mass is 9.78. The lowest BCUT2D eigenvalue weighted by Gasteiger charge is -2.42. The minimum absolute atomic E-state index is 0.00697. The number of ketones is 3. The second-order valence-electron chi connectivity index (χ2n) is 21.8. The Labute approximate surface area is 433 Å². The highest BCUT2D eigenvalue weighted by Crippen LogP contribution is 2.38. The number of hydrogen-bond donors (Lipinski definition) is 4. The van der Waals surface area contributed by atoms with E-state index >= 15 is 0 Å². The molecule has 0 radical (unpaired) electrons. The van der Waals surface area contributed by atoms with Gasteiger partial charge in [-0.3, -0.25) is 24.0 Å². The molecule has 3 heterocycles. The Hall–Kier alpha value is -3.94. The van der Waals surface area contributed by atoms with Crippen molar-refractivity contribution in [3.63, 3.8) is 0 Å². The number of methoxy groups -OCH3 is 3. The van der Waals surface area contributed by atoms with Crippen molar-refractivity contribution in [2.24, 2.45) is 40.9 Å². The summed E-state index contributed by atoms with van der Waals surface area (Å²) in [6.07, 6.45) is 9.76. The molecule has 4 aliphatic rings. The number of hydrogen-bond acceptors (Lipinski definition) is 16. The zero-order valence-electron chi connectivity index (χ0n) is 45.3. The number of ether oxygens (including phenoxy) is 6. The van der Waals surface area contributed by atoms with Crippen LogP contribution < -0.4 is 0 Å². The Morgan fingerprint density at radius 2 is 1.56 bits per heavy atom. The highest BCUT2D eigenvalue weighted by Gasteiger charge is 2.53. The third kappa shape index (κ3) is 16.0. The molecular formula is C56H87NO16. The lowest BCUT2D eigenvalue weighted by molar-refractivity contribution is -0.265. The molecule has 0 aromatic rings. The molecular weight excluding hydrogens is 943 g/mol. The molecule has 0 aromatic heterocycles. The van der Waals surface area contributed by atoms with Crippen molar-refractivity contribution < 1.29 is 77.6 Å². The Kier molecular flexibility index (Phi) is 23.9. The van der Waals surface area contributed by atoms with Crippen molar-refractivity contribution in [2.45, 2.75) is 187 Å². The Morgan fingerprint density at radius 3 is 2.21 bits per heavy atom. The fraction of sp³-hybridized carbons (Fsp3) is 0.750. The van der Waals surface area contributed by atoms with Crippen molar-refractivity contribution in [1.82, 2.24) is 4.90 Å². The molecule has 4 rings (SSSR count). The third-order valence-corrected chi connectivity index (χ3v) is 15.9. The van der Waals surface area contributed by atoms with Gasteiger partial charge in [0.1, 0.15) is 41.7 Å². The number of esters is 2. The average molecular weight is 1030 g/mol. The minimum Gasteiger partial charge on any atom is -0.460 e. The van der Waals surface area contributed by atoms with E-state index in [-0.39, 0.29) is 42.8 Å². The monoisotopic (exact) mass is 1030 g/mol. The number of Topliss-reactive ketones (excluding diaryl/α,β-unsaturated/α-hetero) is 3. The largest absolute Gasteiger partial charge is 0.460 e. The number of cyclic esters (lactones) is 1. The summed E-state index contributed by atoms with van der Waals surface area (Å²) in [5.41, 5.74) is -0.277. The first-order valence-corrected chi connectivity index (χ1v) is 26.4. The molecule has 15 atom stereocenters. The van der Waals surface area contributed by atoms with E-state index < -0.39 is 120 Å². The number of aliphatic hydroxyl groups is 4. The number of amides is 1. The van der Waals surface area contributed by atoms with Crippen LogP contribution >= 0.6 is 0 Å². The van der Waals surface area contributed by atoms with Crippen molar-refractivity contribution in [3.8, 4) is 0 Å². The van der Waals surface area contributed by atoms with Gasteiger partial charge in [0.2, 0.25) is 5.79 Å². The van der Waals surface area contributed by atoms with Gasteiger partial charge < -0.3 is 53.7 Å². The molecule has 412 valence electrons. The molecule has 0 unspecified atom stereocenters. The minimum atomic E-state index is -2.47. The lowest BCUT2D eigenvalue weighted by Crippen LogP contribution is -2.61. The van der Waals surface area contributed by atoms with Gasteiger partial charge in [-0.15, -0.1) is 0 Å². The predicted octanol–water partition coefficient (Wildman–Crippen LogP) is 5.72. The molecule has 1 saturated carbocycles. The molecule has 3 aliphatic heterocycles. The van der Waals surface area contributed by atoms with Gasteiger partial charge in [0, 0.05) is 58.5 Å². The van der Waals surface area contributed by atoms with E-state index in [0.717, 1.165) is 10.5 Å². The van der Waals surface area contributed by atoms with E-state index in [1.807, 2.05) is 51.2 Å². The maximum atomic E-state index is 14.5. The molecule has 0 aromatic carbocycles. The number of allylic oxidation sites excluding steroid dienone is 6. The fourth-order valence-electron chi connectivity index (χ4n) is 10.7. The molecule has 73 heavy (non-hydrogen) atoms. The molecule has 2 bridgehead atoms. The first-order valence-electron chi connectivity index (χ1n) is 26.4. The smallest absolute Gasteiger partial charge is 0.329 e. The molecule has 3 fully saturated rings. The van der Waals surface area contributed by atoms with Gasteiger partial charge >= 0.3 is 11.9 Å². The van der Waals surface area contributed by atoms with Crippen LogP contribution in [-0.4, -0.2) is 156 Å². The van der Waals surface area contributed by atoms with Crippen molar-refractivity contribution in [2.75, 3.05) is 41.1 Å². The molecule has 1 amide bonds. The normalized spacial score (nSPS) is 36.3. The van der Waals surface area contributed by atoms with E-state index in [9.17, 15) is 49.2 Å².